The standard InChI is InChI=1S/C31H49N5O7S/c1-21(43-31(2,3)4)27(34-30(41)42-20-23-13-9-6-10-14-23)29(40)33-24(19-22-11-7-5-8-12-22)28(39)35-36(17-15-25(32)37)26(38)16-18-44/h6,9-10,13-14,21-22,24,27,44H,5,7-8,11-12,15-20H2,1-4H3,(H2,32,37)(H,33,40)(H,34,41)(H,35,39)/t21-,24+,27+/m1/s1. The molecule has 5 amide bonds. The van der Waals surface area contributed by atoms with E-state index in [1.54, 1.807) is 6.92 Å². The Balaban J connectivity index is 2.26. The molecule has 1 aromatic carbocycles. The van der Waals surface area contributed by atoms with Gasteiger partial charge >= 0.3 is 6.09 Å². The van der Waals surface area contributed by atoms with Crippen molar-refractivity contribution in [1.82, 2.24) is 21.1 Å². The second kappa shape index (κ2) is 18.5. The maximum atomic E-state index is 13.8. The SMILES string of the molecule is C[C@@H](OC(C)(C)C)[C@H](NC(=O)OCc1ccccc1)C(=O)N[C@@H](CC1CCCCC1)C(=O)NN(CCC(N)=O)C(=O)CCS. The van der Waals surface area contributed by atoms with E-state index in [2.05, 4.69) is 28.7 Å². The Morgan fingerprint density at radius 2 is 1.66 bits per heavy atom. The third-order valence-electron chi connectivity index (χ3n) is 7.16. The van der Waals surface area contributed by atoms with Crippen LogP contribution in [0, 0.1) is 5.92 Å². The summed E-state index contributed by atoms with van der Waals surface area (Å²) in [7, 11) is 0. The van der Waals surface area contributed by atoms with Gasteiger partial charge in [0.2, 0.25) is 17.7 Å². The Morgan fingerprint density at radius 1 is 1.00 bits per heavy atom. The molecule has 1 aliphatic carbocycles. The fourth-order valence-corrected chi connectivity index (χ4v) is 5.26. The van der Waals surface area contributed by atoms with Gasteiger partial charge in [0, 0.05) is 12.8 Å². The number of carbonyl (C=O) groups is 5. The van der Waals surface area contributed by atoms with Crippen molar-refractivity contribution in [1.29, 1.82) is 0 Å². The number of nitrogens with zero attached hydrogens (tertiary/aromatic N) is 1. The maximum Gasteiger partial charge on any atom is 0.408 e. The number of nitrogens with one attached hydrogen (secondary N) is 3. The number of thiol groups is 1. The number of nitrogens with two attached hydrogens (primary N) is 1. The molecule has 1 fully saturated rings. The van der Waals surface area contributed by atoms with Gasteiger partial charge < -0.3 is 25.8 Å². The number of amides is 5. The van der Waals surface area contributed by atoms with Crippen LogP contribution in [0.25, 0.3) is 0 Å². The van der Waals surface area contributed by atoms with Crippen LogP contribution in [-0.2, 0) is 35.3 Å². The van der Waals surface area contributed by atoms with Crippen LogP contribution in [-0.4, -0.2) is 70.8 Å². The number of primary amides is 1. The van der Waals surface area contributed by atoms with Crippen LogP contribution in [0.1, 0.15) is 84.6 Å². The minimum absolute atomic E-state index is 0.00365. The molecule has 0 saturated heterocycles. The zero-order chi connectivity index (χ0) is 32.7. The van der Waals surface area contributed by atoms with Crippen LogP contribution in [0.2, 0.25) is 0 Å². The second-order valence-electron chi connectivity index (χ2n) is 12.1. The summed E-state index contributed by atoms with van der Waals surface area (Å²) in [6.45, 7) is 7.02. The zero-order valence-corrected chi connectivity index (χ0v) is 27.2. The normalized spacial score (nSPS) is 15.8. The average Bonchev–Trinajstić information content (AvgIpc) is 2.96. The minimum atomic E-state index is -1.20. The van der Waals surface area contributed by atoms with Crippen LogP contribution >= 0.6 is 12.6 Å². The molecule has 3 atom stereocenters. The first kappa shape index (κ1) is 36.9. The molecular formula is C31H49N5O7S. The number of hydrogen-bond donors (Lipinski definition) is 5. The lowest BCUT2D eigenvalue weighted by Crippen LogP contribution is -2.60. The Labute approximate surface area is 265 Å². The van der Waals surface area contributed by atoms with Crippen molar-refractivity contribution >= 4 is 42.4 Å². The van der Waals surface area contributed by atoms with Crippen molar-refractivity contribution in [3.05, 3.63) is 35.9 Å². The molecule has 246 valence electrons. The first-order valence-corrected chi connectivity index (χ1v) is 15.9. The van der Waals surface area contributed by atoms with Crippen molar-refractivity contribution in [3.8, 4) is 0 Å². The monoisotopic (exact) mass is 635 g/mol. The fourth-order valence-electron chi connectivity index (χ4n) is 5.07. The van der Waals surface area contributed by atoms with Gasteiger partial charge in [0.25, 0.3) is 5.91 Å². The topological polar surface area (TPSA) is 169 Å². The lowest BCUT2D eigenvalue weighted by atomic mass is 9.84. The summed E-state index contributed by atoms with van der Waals surface area (Å²) in [6.07, 6.45) is 3.55. The molecule has 2 rings (SSSR count). The Kier molecular flexibility index (Phi) is 15.5. The van der Waals surface area contributed by atoms with E-state index in [-0.39, 0.29) is 37.7 Å². The zero-order valence-electron chi connectivity index (χ0n) is 26.3. The van der Waals surface area contributed by atoms with E-state index in [4.69, 9.17) is 15.2 Å². The molecule has 44 heavy (non-hydrogen) atoms. The smallest absolute Gasteiger partial charge is 0.408 e. The van der Waals surface area contributed by atoms with Crippen molar-refractivity contribution in [2.75, 3.05) is 12.3 Å². The van der Waals surface area contributed by atoms with Gasteiger partial charge in [0.1, 0.15) is 18.7 Å². The molecule has 12 nitrogen and oxygen atoms in total. The van der Waals surface area contributed by atoms with E-state index in [0.29, 0.717) is 6.42 Å². The third-order valence-corrected chi connectivity index (χ3v) is 7.38. The molecule has 1 aliphatic rings. The highest BCUT2D eigenvalue weighted by Crippen LogP contribution is 2.27. The molecule has 0 bridgehead atoms. The lowest BCUT2D eigenvalue weighted by molar-refractivity contribution is -0.144. The quantitative estimate of drug-likeness (QED) is 0.146. The molecule has 1 saturated carbocycles. The lowest BCUT2D eigenvalue weighted by Gasteiger charge is -2.33. The molecule has 5 N–H and O–H groups in total. The molecule has 0 aliphatic heterocycles. The predicted octanol–water partition coefficient (Wildman–Crippen LogP) is 3.00. The number of alkyl carbamates (subject to hydrolysis) is 1. The fraction of sp³-hybridized carbons (Fsp3) is 0.645. The molecule has 1 aromatic rings. The van der Waals surface area contributed by atoms with Gasteiger partial charge in [0.05, 0.1) is 18.2 Å². The number of benzene rings is 1. The van der Waals surface area contributed by atoms with Crippen LogP contribution < -0.4 is 21.8 Å². The largest absolute Gasteiger partial charge is 0.445 e. The summed E-state index contributed by atoms with van der Waals surface area (Å²) in [5, 5.41) is 6.46. The Hall–Kier alpha value is -3.32. The van der Waals surface area contributed by atoms with Crippen LogP contribution in [0.4, 0.5) is 4.79 Å². The van der Waals surface area contributed by atoms with E-state index in [9.17, 15) is 24.0 Å². The predicted molar refractivity (Wildman–Crippen MR) is 169 cm³/mol. The highest BCUT2D eigenvalue weighted by Gasteiger charge is 2.35. The van der Waals surface area contributed by atoms with E-state index < -0.39 is 53.5 Å². The van der Waals surface area contributed by atoms with Crippen molar-refractivity contribution in [3.63, 3.8) is 0 Å². The van der Waals surface area contributed by atoms with Gasteiger partial charge in [0.15, 0.2) is 0 Å². The van der Waals surface area contributed by atoms with Gasteiger partial charge in [-0.2, -0.15) is 12.6 Å². The summed E-state index contributed by atoms with van der Waals surface area (Å²) in [5.41, 5.74) is 8.00. The molecule has 0 heterocycles. The van der Waals surface area contributed by atoms with Crippen molar-refractivity contribution < 1.29 is 33.4 Å². The first-order valence-electron chi connectivity index (χ1n) is 15.2. The minimum Gasteiger partial charge on any atom is -0.445 e. The summed E-state index contributed by atoms with van der Waals surface area (Å²) in [6, 6.07) is 6.89. The molecule has 13 heteroatoms. The molecule has 0 unspecified atom stereocenters. The van der Waals surface area contributed by atoms with Crippen molar-refractivity contribution in [2.45, 2.75) is 109 Å². The van der Waals surface area contributed by atoms with Crippen LogP contribution in [0.3, 0.4) is 0 Å². The summed E-state index contributed by atoms with van der Waals surface area (Å²) in [4.78, 5) is 64.3. The van der Waals surface area contributed by atoms with E-state index in [1.165, 1.54) is 0 Å². The van der Waals surface area contributed by atoms with Gasteiger partial charge in [-0.25, -0.2) is 4.79 Å². The highest BCUT2D eigenvalue weighted by atomic mass is 32.1. The summed E-state index contributed by atoms with van der Waals surface area (Å²) < 4.78 is 11.4. The maximum absolute atomic E-state index is 13.8. The number of carbonyl (C=O) groups excluding carboxylic acids is 5. The Bertz CT molecular complexity index is 1090. The average molecular weight is 636 g/mol. The van der Waals surface area contributed by atoms with E-state index in [0.717, 1.165) is 42.7 Å². The van der Waals surface area contributed by atoms with E-state index in [1.807, 2.05) is 51.1 Å². The van der Waals surface area contributed by atoms with Gasteiger partial charge in [-0.1, -0.05) is 62.4 Å². The molecule has 0 aromatic heterocycles. The van der Waals surface area contributed by atoms with Crippen LogP contribution in [0.5, 0.6) is 0 Å². The first-order chi connectivity index (χ1) is 20.8. The number of rotatable bonds is 15. The summed E-state index contributed by atoms with van der Waals surface area (Å²) >= 11 is 4.10. The molecule has 0 spiro atoms. The third kappa shape index (κ3) is 14.0. The molecular weight excluding hydrogens is 586 g/mol. The van der Waals surface area contributed by atoms with Gasteiger partial charge in [-0.3, -0.25) is 29.6 Å². The second-order valence-corrected chi connectivity index (χ2v) is 12.6. The van der Waals surface area contributed by atoms with Gasteiger partial charge in [-0.05, 0) is 51.3 Å². The van der Waals surface area contributed by atoms with Crippen molar-refractivity contribution in [2.24, 2.45) is 11.7 Å². The number of ether oxygens (including phenoxy) is 2. The summed E-state index contributed by atoms with van der Waals surface area (Å²) in [5.74, 6) is -1.90. The van der Waals surface area contributed by atoms with Crippen LogP contribution in [0.15, 0.2) is 30.3 Å². The van der Waals surface area contributed by atoms with E-state index >= 15 is 0 Å². The van der Waals surface area contributed by atoms with Gasteiger partial charge in [-0.15, -0.1) is 0 Å². The highest BCUT2D eigenvalue weighted by molar-refractivity contribution is 7.80. The molecule has 0 radical (unpaired) electrons. The number of hydrogen-bond acceptors (Lipinski definition) is 8. The Morgan fingerprint density at radius 3 is 2.25 bits per heavy atom. The number of hydrazine groups is 1.